The number of aromatic carboxylic acids is 1. The number of nitrogens with zero attached hydrogens (tertiary/aromatic N) is 1. The van der Waals surface area contributed by atoms with E-state index in [1.165, 1.54) is 14.0 Å². The van der Waals surface area contributed by atoms with Crippen LogP contribution in [-0.2, 0) is 10.0 Å². The Hall–Kier alpha value is -1.63. The summed E-state index contributed by atoms with van der Waals surface area (Å²) in [5.41, 5.74) is -0.440. The molecule has 1 N–H and O–H groups in total. The van der Waals surface area contributed by atoms with Crippen LogP contribution < -0.4 is 4.31 Å². The molecule has 0 aliphatic rings. The van der Waals surface area contributed by atoms with E-state index < -0.39 is 21.8 Å². The zero-order valence-electron chi connectivity index (χ0n) is 9.34. The van der Waals surface area contributed by atoms with Crippen LogP contribution in [0.15, 0.2) is 18.2 Å². The van der Waals surface area contributed by atoms with Crippen molar-refractivity contribution >= 4 is 21.7 Å². The highest BCUT2D eigenvalue weighted by molar-refractivity contribution is 7.92. The van der Waals surface area contributed by atoms with E-state index in [9.17, 15) is 17.6 Å². The SMILES string of the molecule is CCS(=O)(=O)N(C)c1ccc(F)cc1C(=O)O. The van der Waals surface area contributed by atoms with Crippen molar-refractivity contribution in [1.29, 1.82) is 0 Å². The lowest BCUT2D eigenvalue weighted by Crippen LogP contribution is -2.29. The second-order valence-electron chi connectivity index (χ2n) is 3.33. The first-order valence-corrected chi connectivity index (χ1v) is 6.40. The van der Waals surface area contributed by atoms with E-state index in [0.717, 1.165) is 22.5 Å². The van der Waals surface area contributed by atoms with Crippen molar-refractivity contribution in [2.45, 2.75) is 6.92 Å². The van der Waals surface area contributed by atoms with E-state index in [1.807, 2.05) is 0 Å². The van der Waals surface area contributed by atoms with Gasteiger partial charge in [-0.05, 0) is 25.1 Å². The van der Waals surface area contributed by atoms with Crippen molar-refractivity contribution in [2.24, 2.45) is 0 Å². The maximum atomic E-state index is 12.9. The number of rotatable bonds is 4. The van der Waals surface area contributed by atoms with Gasteiger partial charge in [-0.15, -0.1) is 0 Å². The lowest BCUT2D eigenvalue weighted by atomic mass is 10.2. The lowest BCUT2D eigenvalue weighted by Gasteiger charge is -2.20. The average Bonchev–Trinajstić information content (AvgIpc) is 2.28. The molecule has 0 atom stereocenters. The molecule has 0 spiro atoms. The molecule has 0 saturated carbocycles. The fourth-order valence-corrected chi connectivity index (χ4v) is 2.14. The third kappa shape index (κ3) is 2.73. The minimum absolute atomic E-state index is 0.0549. The predicted octanol–water partition coefficient (Wildman–Crippen LogP) is 1.31. The van der Waals surface area contributed by atoms with Crippen LogP contribution in [0.4, 0.5) is 10.1 Å². The largest absolute Gasteiger partial charge is 0.478 e. The summed E-state index contributed by atoms with van der Waals surface area (Å²) in [6, 6.07) is 2.94. The average molecular weight is 261 g/mol. The molecule has 7 heteroatoms. The maximum Gasteiger partial charge on any atom is 0.337 e. The highest BCUT2D eigenvalue weighted by Gasteiger charge is 2.21. The molecule has 1 aromatic carbocycles. The highest BCUT2D eigenvalue weighted by atomic mass is 32.2. The Morgan fingerprint density at radius 2 is 2.06 bits per heavy atom. The van der Waals surface area contributed by atoms with E-state index in [2.05, 4.69) is 0 Å². The minimum Gasteiger partial charge on any atom is -0.478 e. The minimum atomic E-state index is -3.57. The monoisotopic (exact) mass is 261 g/mol. The smallest absolute Gasteiger partial charge is 0.337 e. The van der Waals surface area contributed by atoms with Gasteiger partial charge in [0.25, 0.3) is 0 Å². The summed E-state index contributed by atoms with van der Waals surface area (Å²) >= 11 is 0. The van der Waals surface area contributed by atoms with Gasteiger partial charge in [0.1, 0.15) is 5.82 Å². The molecule has 0 fully saturated rings. The van der Waals surface area contributed by atoms with Crippen LogP contribution in [0.5, 0.6) is 0 Å². The maximum absolute atomic E-state index is 12.9. The summed E-state index contributed by atoms with van der Waals surface area (Å²) in [5, 5.41) is 8.89. The van der Waals surface area contributed by atoms with Crippen LogP contribution in [0.1, 0.15) is 17.3 Å². The molecule has 0 aliphatic carbocycles. The van der Waals surface area contributed by atoms with Gasteiger partial charge in [0, 0.05) is 7.05 Å². The van der Waals surface area contributed by atoms with Crippen LogP contribution in [0, 0.1) is 5.82 Å². The Morgan fingerprint density at radius 1 is 1.47 bits per heavy atom. The molecular formula is C10H12FNO4S. The number of benzene rings is 1. The summed E-state index contributed by atoms with van der Waals surface area (Å²) in [5.74, 6) is -2.27. The molecule has 0 bridgehead atoms. The molecule has 1 aromatic rings. The molecule has 0 amide bonds. The van der Waals surface area contributed by atoms with Crippen LogP contribution in [-0.4, -0.2) is 32.3 Å². The zero-order chi connectivity index (χ0) is 13.2. The standard InChI is InChI=1S/C10H12FNO4S/c1-3-17(15,16)12(2)9-5-4-7(11)6-8(9)10(13)14/h4-6H,3H2,1-2H3,(H,13,14). The summed E-state index contributed by atoms with van der Waals surface area (Å²) in [7, 11) is -2.34. The molecule has 0 heterocycles. The number of hydrogen-bond donors (Lipinski definition) is 1. The quantitative estimate of drug-likeness (QED) is 0.886. The van der Waals surface area contributed by atoms with Gasteiger partial charge >= 0.3 is 5.97 Å². The molecule has 94 valence electrons. The lowest BCUT2D eigenvalue weighted by molar-refractivity contribution is 0.0697. The molecule has 5 nitrogen and oxygen atoms in total. The summed E-state index contributed by atoms with van der Waals surface area (Å²) in [6.45, 7) is 1.44. The Kier molecular flexibility index (Phi) is 3.72. The molecule has 0 aliphatic heterocycles. The number of carboxylic acids is 1. The van der Waals surface area contributed by atoms with Crippen LogP contribution >= 0.6 is 0 Å². The van der Waals surface area contributed by atoms with Crippen LogP contribution in [0.3, 0.4) is 0 Å². The first-order valence-electron chi connectivity index (χ1n) is 4.79. The summed E-state index contributed by atoms with van der Waals surface area (Å²) in [6.07, 6.45) is 0. The Balaban J connectivity index is 3.37. The van der Waals surface area contributed by atoms with Gasteiger partial charge in [0.2, 0.25) is 10.0 Å². The third-order valence-corrected chi connectivity index (χ3v) is 4.07. The zero-order valence-corrected chi connectivity index (χ0v) is 10.2. The van der Waals surface area contributed by atoms with E-state index >= 15 is 0 Å². The van der Waals surface area contributed by atoms with Crippen molar-refractivity contribution in [3.05, 3.63) is 29.6 Å². The molecule has 0 saturated heterocycles. The molecular weight excluding hydrogens is 249 g/mol. The number of carboxylic acid groups (broad SMARTS) is 1. The second kappa shape index (κ2) is 4.70. The second-order valence-corrected chi connectivity index (χ2v) is 5.62. The topological polar surface area (TPSA) is 74.7 Å². The molecule has 0 radical (unpaired) electrons. The van der Waals surface area contributed by atoms with Crippen molar-refractivity contribution in [2.75, 3.05) is 17.1 Å². The molecule has 0 unspecified atom stereocenters. The Morgan fingerprint density at radius 3 is 2.53 bits per heavy atom. The normalized spacial score (nSPS) is 11.2. The van der Waals surface area contributed by atoms with E-state index in [-0.39, 0.29) is 17.0 Å². The van der Waals surface area contributed by atoms with E-state index in [0.29, 0.717) is 0 Å². The molecule has 1 rings (SSSR count). The van der Waals surface area contributed by atoms with E-state index in [4.69, 9.17) is 5.11 Å². The van der Waals surface area contributed by atoms with Gasteiger partial charge in [-0.3, -0.25) is 4.31 Å². The molecule has 17 heavy (non-hydrogen) atoms. The predicted molar refractivity (Wildman–Crippen MR) is 61.2 cm³/mol. The van der Waals surface area contributed by atoms with Crippen molar-refractivity contribution in [1.82, 2.24) is 0 Å². The summed E-state index contributed by atoms with van der Waals surface area (Å²) < 4.78 is 37.0. The third-order valence-electron chi connectivity index (χ3n) is 2.31. The Bertz CT molecular complexity index is 541. The van der Waals surface area contributed by atoms with Crippen LogP contribution in [0.25, 0.3) is 0 Å². The first kappa shape index (κ1) is 13.4. The highest BCUT2D eigenvalue weighted by Crippen LogP contribution is 2.23. The van der Waals surface area contributed by atoms with Crippen LogP contribution in [0.2, 0.25) is 0 Å². The van der Waals surface area contributed by atoms with Crippen molar-refractivity contribution < 1.29 is 22.7 Å². The number of halogens is 1. The first-order chi connectivity index (χ1) is 7.79. The fourth-order valence-electron chi connectivity index (χ4n) is 1.30. The van der Waals surface area contributed by atoms with E-state index in [1.54, 1.807) is 0 Å². The fraction of sp³-hybridized carbons (Fsp3) is 0.300. The number of sulfonamides is 1. The van der Waals surface area contributed by atoms with Gasteiger partial charge in [0.15, 0.2) is 0 Å². The van der Waals surface area contributed by atoms with Crippen molar-refractivity contribution in [3.63, 3.8) is 0 Å². The van der Waals surface area contributed by atoms with Gasteiger partial charge in [0.05, 0.1) is 17.0 Å². The number of anilines is 1. The molecule has 0 aromatic heterocycles. The number of carbonyl (C=O) groups is 1. The van der Waals surface area contributed by atoms with Gasteiger partial charge in [-0.1, -0.05) is 0 Å². The van der Waals surface area contributed by atoms with Gasteiger partial charge < -0.3 is 5.11 Å². The van der Waals surface area contributed by atoms with Gasteiger partial charge in [-0.25, -0.2) is 17.6 Å². The van der Waals surface area contributed by atoms with Gasteiger partial charge in [-0.2, -0.15) is 0 Å². The number of hydrogen-bond acceptors (Lipinski definition) is 3. The summed E-state index contributed by atoms with van der Waals surface area (Å²) in [4.78, 5) is 10.9. The Labute approximate surface area is 98.5 Å². The van der Waals surface area contributed by atoms with Crippen molar-refractivity contribution in [3.8, 4) is 0 Å².